The van der Waals surface area contributed by atoms with Gasteiger partial charge in [0.2, 0.25) is 0 Å². The van der Waals surface area contributed by atoms with E-state index < -0.39 is 0 Å². The van der Waals surface area contributed by atoms with E-state index in [9.17, 15) is 4.79 Å². The first-order chi connectivity index (χ1) is 10.1. The molecule has 21 heavy (non-hydrogen) atoms. The van der Waals surface area contributed by atoms with Crippen molar-refractivity contribution in [2.24, 2.45) is 0 Å². The molecule has 2 aromatic rings. The summed E-state index contributed by atoms with van der Waals surface area (Å²) in [6, 6.07) is 14.0. The lowest BCUT2D eigenvalue weighted by atomic mass is 10.1. The zero-order valence-electron chi connectivity index (χ0n) is 12.9. The van der Waals surface area contributed by atoms with Crippen LogP contribution in [0.1, 0.15) is 29.2 Å². The molecule has 3 heteroatoms. The molecule has 2 rings (SSSR count). The first-order valence-corrected chi connectivity index (χ1v) is 7.28. The summed E-state index contributed by atoms with van der Waals surface area (Å²) in [5.74, 6) is 0. The molecule has 0 saturated carbocycles. The molecule has 0 heterocycles. The van der Waals surface area contributed by atoms with Crippen molar-refractivity contribution in [3.63, 3.8) is 0 Å². The van der Waals surface area contributed by atoms with Crippen LogP contribution in [0, 0.1) is 13.8 Å². The van der Waals surface area contributed by atoms with Crippen molar-refractivity contribution in [3.05, 3.63) is 64.7 Å². The third-order valence-electron chi connectivity index (χ3n) is 3.35. The van der Waals surface area contributed by atoms with Crippen LogP contribution in [0.15, 0.2) is 42.5 Å². The van der Waals surface area contributed by atoms with Gasteiger partial charge in [-0.25, -0.2) is 4.79 Å². The van der Waals surface area contributed by atoms with Crippen LogP contribution in [0.3, 0.4) is 0 Å². The van der Waals surface area contributed by atoms with Gasteiger partial charge in [0.1, 0.15) is 0 Å². The van der Waals surface area contributed by atoms with Crippen molar-refractivity contribution >= 4 is 11.7 Å². The number of rotatable bonds is 4. The van der Waals surface area contributed by atoms with Crippen LogP contribution < -0.4 is 10.6 Å². The largest absolute Gasteiger partial charge is 0.334 e. The Morgan fingerprint density at radius 3 is 2.14 bits per heavy atom. The normalized spacial score (nSPS) is 10.2. The van der Waals surface area contributed by atoms with Crippen LogP contribution in [0.2, 0.25) is 0 Å². The summed E-state index contributed by atoms with van der Waals surface area (Å²) in [6.07, 6.45) is 0.999. The number of amides is 2. The Kier molecular flexibility index (Phi) is 4.99. The van der Waals surface area contributed by atoms with E-state index in [1.165, 1.54) is 16.7 Å². The minimum atomic E-state index is -0.182. The van der Waals surface area contributed by atoms with Crippen molar-refractivity contribution in [2.75, 3.05) is 5.32 Å². The Hall–Kier alpha value is -2.29. The van der Waals surface area contributed by atoms with Gasteiger partial charge in [0.05, 0.1) is 0 Å². The van der Waals surface area contributed by atoms with Gasteiger partial charge >= 0.3 is 6.03 Å². The molecule has 2 amide bonds. The summed E-state index contributed by atoms with van der Waals surface area (Å²) in [7, 11) is 0. The van der Waals surface area contributed by atoms with Gasteiger partial charge in [-0.2, -0.15) is 0 Å². The Morgan fingerprint density at radius 1 is 0.952 bits per heavy atom. The van der Waals surface area contributed by atoms with E-state index in [4.69, 9.17) is 0 Å². The fourth-order valence-corrected chi connectivity index (χ4v) is 2.35. The second kappa shape index (κ2) is 6.93. The van der Waals surface area contributed by atoms with E-state index in [1.54, 1.807) is 0 Å². The molecule has 110 valence electrons. The molecular weight excluding hydrogens is 260 g/mol. The van der Waals surface area contributed by atoms with E-state index in [1.807, 2.05) is 24.3 Å². The van der Waals surface area contributed by atoms with Gasteiger partial charge in [0, 0.05) is 12.2 Å². The van der Waals surface area contributed by atoms with Gasteiger partial charge < -0.3 is 10.6 Å². The van der Waals surface area contributed by atoms with Crippen molar-refractivity contribution < 1.29 is 4.79 Å². The average Bonchev–Trinajstić information content (AvgIpc) is 2.45. The molecule has 0 unspecified atom stereocenters. The molecule has 0 radical (unpaired) electrons. The van der Waals surface area contributed by atoms with Gasteiger partial charge in [-0.05, 0) is 43.5 Å². The number of hydrogen-bond donors (Lipinski definition) is 2. The molecule has 0 saturated heterocycles. The van der Waals surface area contributed by atoms with Crippen LogP contribution in [-0.2, 0) is 13.0 Å². The molecule has 0 aliphatic heterocycles. The predicted octanol–water partition coefficient (Wildman–Crippen LogP) is 4.19. The van der Waals surface area contributed by atoms with E-state index in [0.717, 1.165) is 17.7 Å². The van der Waals surface area contributed by atoms with E-state index in [-0.39, 0.29) is 6.03 Å². The predicted molar refractivity (Wildman–Crippen MR) is 87.6 cm³/mol. The third-order valence-corrected chi connectivity index (χ3v) is 3.35. The first-order valence-electron chi connectivity index (χ1n) is 7.28. The maximum atomic E-state index is 11.9. The highest BCUT2D eigenvalue weighted by atomic mass is 16.2. The van der Waals surface area contributed by atoms with Crippen LogP contribution >= 0.6 is 0 Å². The van der Waals surface area contributed by atoms with Gasteiger partial charge in [0.15, 0.2) is 0 Å². The number of aryl methyl sites for hydroxylation is 3. The minimum Gasteiger partial charge on any atom is -0.334 e. The number of carbonyl (C=O) groups is 1. The molecule has 0 aliphatic carbocycles. The molecule has 0 aliphatic rings. The molecule has 0 bridgehead atoms. The van der Waals surface area contributed by atoms with Crippen LogP contribution in [0.25, 0.3) is 0 Å². The molecule has 2 aromatic carbocycles. The van der Waals surface area contributed by atoms with E-state index in [2.05, 4.69) is 49.6 Å². The SMILES string of the molecule is CCc1ccc(NC(=O)NCc2cc(C)cc(C)c2)cc1. The lowest BCUT2D eigenvalue weighted by molar-refractivity contribution is 0.251. The molecule has 0 aromatic heterocycles. The molecule has 3 nitrogen and oxygen atoms in total. The van der Waals surface area contributed by atoms with Crippen LogP contribution in [0.4, 0.5) is 10.5 Å². The summed E-state index contributed by atoms with van der Waals surface area (Å²) in [6.45, 7) is 6.76. The number of hydrogen-bond acceptors (Lipinski definition) is 1. The monoisotopic (exact) mass is 282 g/mol. The molecule has 0 fully saturated rings. The Morgan fingerprint density at radius 2 is 1.57 bits per heavy atom. The van der Waals surface area contributed by atoms with Crippen molar-refractivity contribution in [3.8, 4) is 0 Å². The van der Waals surface area contributed by atoms with Gasteiger partial charge in [-0.3, -0.25) is 0 Å². The van der Waals surface area contributed by atoms with Gasteiger partial charge in [-0.1, -0.05) is 48.4 Å². The first kappa shape index (κ1) is 15.1. The lowest BCUT2D eigenvalue weighted by Crippen LogP contribution is -2.28. The molecular formula is C18H22N2O. The summed E-state index contributed by atoms with van der Waals surface area (Å²) in [5.41, 5.74) is 5.61. The Bertz CT molecular complexity index is 597. The number of nitrogens with one attached hydrogen (secondary N) is 2. The zero-order valence-corrected chi connectivity index (χ0v) is 12.9. The average molecular weight is 282 g/mol. The summed E-state index contributed by atoms with van der Waals surface area (Å²) < 4.78 is 0. The molecule has 0 spiro atoms. The summed E-state index contributed by atoms with van der Waals surface area (Å²) >= 11 is 0. The minimum absolute atomic E-state index is 0.182. The highest BCUT2D eigenvalue weighted by Gasteiger charge is 2.02. The topological polar surface area (TPSA) is 41.1 Å². The van der Waals surface area contributed by atoms with E-state index in [0.29, 0.717) is 6.54 Å². The standard InChI is InChI=1S/C18H22N2O/c1-4-15-5-7-17(8-6-15)20-18(21)19-12-16-10-13(2)9-14(3)11-16/h5-11H,4,12H2,1-3H3,(H2,19,20,21). The number of benzene rings is 2. The van der Waals surface area contributed by atoms with Gasteiger partial charge in [0.25, 0.3) is 0 Å². The maximum absolute atomic E-state index is 11.9. The fraction of sp³-hybridized carbons (Fsp3) is 0.278. The molecule has 0 atom stereocenters. The van der Waals surface area contributed by atoms with Crippen LogP contribution in [0.5, 0.6) is 0 Å². The summed E-state index contributed by atoms with van der Waals surface area (Å²) in [5, 5.41) is 5.72. The van der Waals surface area contributed by atoms with Crippen molar-refractivity contribution in [1.82, 2.24) is 5.32 Å². The van der Waals surface area contributed by atoms with Crippen LogP contribution in [-0.4, -0.2) is 6.03 Å². The second-order valence-electron chi connectivity index (χ2n) is 5.35. The highest BCUT2D eigenvalue weighted by molar-refractivity contribution is 5.89. The fourth-order valence-electron chi connectivity index (χ4n) is 2.35. The maximum Gasteiger partial charge on any atom is 0.319 e. The quantitative estimate of drug-likeness (QED) is 0.867. The lowest BCUT2D eigenvalue weighted by Gasteiger charge is -2.09. The number of urea groups is 1. The third kappa shape index (κ3) is 4.63. The Labute approximate surface area is 126 Å². The Balaban J connectivity index is 1.89. The van der Waals surface area contributed by atoms with Crippen molar-refractivity contribution in [1.29, 1.82) is 0 Å². The summed E-state index contributed by atoms with van der Waals surface area (Å²) in [4.78, 5) is 11.9. The second-order valence-corrected chi connectivity index (χ2v) is 5.35. The highest BCUT2D eigenvalue weighted by Crippen LogP contribution is 2.11. The smallest absolute Gasteiger partial charge is 0.319 e. The van der Waals surface area contributed by atoms with Crippen molar-refractivity contribution in [2.45, 2.75) is 33.7 Å². The number of carbonyl (C=O) groups excluding carboxylic acids is 1. The zero-order chi connectivity index (χ0) is 15.2. The van der Waals surface area contributed by atoms with Gasteiger partial charge in [-0.15, -0.1) is 0 Å². The number of anilines is 1. The van der Waals surface area contributed by atoms with E-state index >= 15 is 0 Å². The molecule has 2 N–H and O–H groups in total.